The molecule has 0 aliphatic rings. The molecule has 0 aromatic heterocycles. The summed E-state index contributed by atoms with van der Waals surface area (Å²) in [5, 5.41) is 17.5. The number of nitriles is 2. The number of benzene rings is 1. The van der Waals surface area contributed by atoms with Gasteiger partial charge in [0.15, 0.2) is 0 Å². The van der Waals surface area contributed by atoms with Crippen LogP contribution in [0.1, 0.15) is 30.4 Å². The molecule has 0 amide bonds. The summed E-state index contributed by atoms with van der Waals surface area (Å²) >= 11 is 0. The number of nitrogens with zero attached hydrogens (tertiary/aromatic N) is 2. The average molecular weight is 188 g/mol. The smallest absolute Gasteiger partial charge is 0.141 e. The zero-order valence-electron chi connectivity index (χ0n) is 7.79. The van der Waals surface area contributed by atoms with Gasteiger partial charge in [-0.1, -0.05) is 19.1 Å². The Morgan fingerprint density at radius 2 is 2.14 bits per heavy atom. The second kappa shape index (κ2) is 4.39. The van der Waals surface area contributed by atoms with Crippen molar-refractivity contribution < 1.29 is 4.39 Å². The predicted octanol–water partition coefficient (Wildman–Crippen LogP) is 2.71. The summed E-state index contributed by atoms with van der Waals surface area (Å²) in [7, 11) is 0. The zero-order valence-corrected chi connectivity index (χ0v) is 7.79. The predicted molar refractivity (Wildman–Crippen MR) is 49.8 cm³/mol. The molecule has 0 fully saturated rings. The highest BCUT2D eigenvalue weighted by Gasteiger charge is 2.15. The van der Waals surface area contributed by atoms with Gasteiger partial charge >= 0.3 is 0 Å². The van der Waals surface area contributed by atoms with Crippen molar-refractivity contribution in [1.29, 1.82) is 10.5 Å². The maximum Gasteiger partial charge on any atom is 0.141 e. The van der Waals surface area contributed by atoms with Crippen LogP contribution in [0.5, 0.6) is 0 Å². The van der Waals surface area contributed by atoms with Crippen molar-refractivity contribution in [2.45, 2.75) is 19.3 Å². The van der Waals surface area contributed by atoms with Crippen LogP contribution in [0.3, 0.4) is 0 Å². The Balaban J connectivity index is 3.29. The summed E-state index contributed by atoms with van der Waals surface area (Å²) in [5.74, 6) is -0.959. The molecule has 0 radical (unpaired) electrons. The first kappa shape index (κ1) is 10.2. The lowest BCUT2D eigenvalue weighted by Gasteiger charge is -2.08. The van der Waals surface area contributed by atoms with Crippen LogP contribution in [0, 0.1) is 28.5 Å². The normalized spacial score (nSPS) is 11.4. The van der Waals surface area contributed by atoms with Crippen molar-refractivity contribution in [3.05, 3.63) is 35.1 Å². The second-order valence-corrected chi connectivity index (χ2v) is 2.91. The molecule has 1 unspecified atom stereocenters. The van der Waals surface area contributed by atoms with Gasteiger partial charge < -0.3 is 0 Å². The van der Waals surface area contributed by atoms with Gasteiger partial charge in [0.25, 0.3) is 0 Å². The molecule has 1 atom stereocenters. The fourth-order valence-corrected chi connectivity index (χ4v) is 1.33. The fraction of sp³-hybridized carbons (Fsp3) is 0.273. The van der Waals surface area contributed by atoms with Crippen molar-refractivity contribution in [3.8, 4) is 12.1 Å². The molecule has 0 spiro atoms. The van der Waals surface area contributed by atoms with Crippen molar-refractivity contribution >= 4 is 0 Å². The first-order valence-electron chi connectivity index (χ1n) is 4.32. The maximum atomic E-state index is 13.2. The minimum absolute atomic E-state index is 0.0131. The van der Waals surface area contributed by atoms with E-state index in [0.29, 0.717) is 12.0 Å². The summed E-state index contributed by atoms with van der Waals surface area (Å²) in [4.78, 5) is 0. The molecule has 0 saturated heterocycles. The molecule has 0 N–H and O–H groups in total. The number of hydrogen-bond donors (Lipinski definition) is 0. The summed E-state index contributed by atoms with van der Waals surface area (Å²) in [6.07, 6.45) is 0.578. The van der Waals surface area contributed by atoms with Crippen LogP contribution >= 0.6 is 0 Å². The number of rotatable bonds is 2. The van der Waals surface area contributed by atoms with Crippen LogP contribution in [-0.4, -0.2) is 0 Å². The number of halogens is 1. The van der Waals surface area contributed by atoms with Crippen LogP contribution in [0.4, 0.5) is 4.39 Å². The van der Waals surface area contributed by atoms with Gasteiger partial charge in [-0.25, -0.2) is 4.39 Å². The lowest BCUT2D eigenvalue weighted by Crippen LogP contribution is -1.99. The second-order valence-electron chi connectivity index (χ2n) is 2.91. The van der Waals surface area contributed by atoms with Crippen molar-refractivity contribution in [2.24, 2.45) is 0 Å². The van der Waals surface area contributed by atoms with E-state index in [1.807, 2.05) is 6.92 Å². The molecule has 1 rings (SSSR count). The van der Waals surface area contributed by atoms with Gasteiger partial charge in [0, 0.05) is 0 Å². The largest absolute Gasteiger partial charge is 0.206 e. The molecule has 0 heterocycles. The van der Waals surface area contributed by atoms with Gasteiger partial charge in [-0.2, -0.15) is 10.5 Å². The van der Waals surface area contributed by atoms with E-state index in [-0.39, 0.29) is 5.56 Å². The highest BCUT2D eigenvalue weighted by atomic mass is 19.1. The summed E-state index contributed by atoms with van der Waals surface area (Å²) < 4.78 is 13.2. The molecule has 2 nitrogen and oxygen atoms in total. The summed E-state index contributed by atoms with van der Waals surface area (Å²) in [6, 6.07) is 8.21. The van der Waals surface area contributed by atoms with Crippen molar-refractivity contribution in [2.75, 3.05) is 0 Å². The molecule has 0 bridgehead atoms. The van der Waals surface area contributed by atoms with Gasteiger partial charge in [0.05, 0.1) is 17.6 Å². The highest BCUT2D eigenvalue weighted by molar-refractivity contribution is 5.42. The Morgan fingerprint density at radius 1 is 1.43 bits per heavy atom. The molecule has 0 aliphatic heterocycles. The lowest BCUT2D eigenvalue weighted by molar-refractivity contribution is 0.618. The van der Waals surface area contributed by atoms with Crippen molar-refractivity contribution in [3.63, 3.8) is 0 Å². The number of hydrogen-bond acceptors (Lipinski definition) is 2. The molecule has 1 aromatic carbocycles. The van der Waals surface area contributed by atoms with E-state index in [9.17, 15) is 4.39 Å². The molecule has 14 heavy (non-hydrogen) atoms. The van der Waals surface area contributed by atoms with Crippen LogP contribution < -0.4 is 0 Å². The maximum absolute atomic E-state index is 13.2. The third kappa shape index (κ3) is 1.72. The summed E-state index contributed by atoms with van der Waals surface area (Å²) in [6.45, 7) is 1.83. The van der Waals surface area contributed by atoms with E-state index in [0.717, 1.165) is 0 Å². The third-order valence-electron chi connectivity index (χ3n) is 2.10. The Labute approximate surface area is 82.2 Å². The average Bonchev–Trinajstić information content (AvgIpc) is 2.20. The van der Waals surface area contributed by atoms with E-state index >= 15 is 0 Å². The van der Waals surface area contributed by atoms with Crippen LogP contribution in [0.2, 0.25) is 0 Å². The van der Waals surface area contributed by atoms with Gasteiger partial charge in [0.2, 0.25) is 0 Å². The third-order valence-corrected chi connectivity index (χ3v) is 2.10. The van der Waals surface area contributed by atoms with E-state index < -0.39 is 11.7 Å². The SMILES string of the molecule is CCC(C#N)c1cccc(F)c1C#N. The minimum atomic E-state index is -0.557. The van der Waals surface area contributed by atoms with E-state index in [1.54, 1.807) is 12.1 Å². The van der Waals surface area contributed by atoms with Gasteiger partial charge in [-0.15, -0.1) is 0 Å². The minimum Gasteiger partial charge on any atom is -0.206 e. The van der Waals surface area contributed by atoms with Gasteiger partial charge in [-0.3, -0.25) is 0 Å². The first-order valence-corrected chi connectivity index (χ1v) is 4.32. The quantitative estimate of drug-likeness (QED) is 0.716. The van der Waals surface area contributed by atoms with E-state index in [1.165, 1.54) is 12.1 Å². The highest BCUT2D eigenvalue weighted by Crippen LogP contribution is 2.23. The molecule has 0 aliphatic carbocycles. The Kier molecular flexibility index (Phi) is 3.20. The van der Waals surface area contributed by atoms with Gasteiger partial charge in [-0.05, 0) is 18.1 Å². The van der Waals surface area contributed by atoms with E-state index in [4.69, 9.17) is 10.5 Å². The fourth-order valence-electron chi connectivity index (χ4n) is 1.33. The Hall–Kier alpha value is -1.87. The lowest BCUT2D eigenvalue weighted by atomic mass is 9.93. The van der Waals surface area contributed by atoms with Crippen LogP contribution in [-0.2, 0) is 0 Å². The molecular formula is C11H9FN2. The van der Waals surface area contributed by atoms with E-state index in [2.05, 4.69) is 6.07 Å². The van der Waals surface area contributed by atoms with Crippen molar-refractivity contribution in [1.82, 2.24) is 0 Å². The molecular weight excluding hydrogens is 179 g/mol. The first-order chi connectivity index (χ1) is 6.74. The Morgan fingerprint density at radius 3 is 2.64 bits per heavy atom. The van der Waals surface area contributed by atoms with Gasteiger partial charge in [0.1, 0.15) is 11.9 Å². The summed E-state index contributed by atoms with van der Waals surface area (Å²) in [5.41, 5.74) is 0.471. The molecule has 1 aromatic rings. The van der Waals surface area contributed by atoms with Crippen LogP contribution in [0.15, 0.2) is 18.2 Å². The zero-order chi connectivity index (χ0) is 10.6. The Bertz CT molecular complexity index is 412. The molecule has 0 saturated carbocycles. The molecule has 3 heteroatoms. The monoisotopic (exact) mass is 188 g/mol. The molecule has 70 valence electrons. The topological polar surface area (TPSA) is 47.6 Å². The van der Waals surface area contributed by atoms with Crippen LogP contribution in [0.25, 0.3) is 0 Å². The standard InChI is InChI=1S/C11H9FN2/c1-2-8(6-13)9-4-3-5-11(12)10(9)7-14/h3-5,8H,2H2,1H3.